The van der Waals surface area contributed by atoms with E-state index in [0.717, 1.165) is 19.4 Å². The fraction of sp³-hybridized carbons (Fsp3) is 0.583. The highest BCUT2D eigenvalue weighted by atomic mass is 32.2. The van der Waals surface area contributed by atoms with Crippen molar-refractivity contribution in [1.29, 1.82) is 0 Å². The van der Waals surface area contributed by atoms with Crippen LogP contribution in [0.4, 0.5) is 5.82 Å². The SMILES string of the molecule is CCCNc1cc(S(=O)(=O)NC(C)CC)ccn1. The Hall–Kier alpha value is -1.14. The molecule has 1 unspecified atom stereocenters. The topological polar surface area (TPSA) is 71.1 Å². The molecule has 18 heavy (non-hydrogen) atoms. The van der Waals surface area contributed by atoms with Gasteiger partial charge in [-0.15, -0.1) is 0 Å². The van der Waals surface area contributed by atoms with Crippen molar-refractivity contribution < 1.29 is 8.42 Å². The van der Waals surface area contributed by atoms with Crippen molar-refractivity contribution >= 4 is 15.8 Å². The van der Waals surface area contributed by atoms with Gasteiger partial charge < -0.3 is 5.32 Å². The highest BCUT2D eigenvalue weighted by Gasteiger charge is 2.16. The molecule has 1 aromatic heterocycles. The van der Waals surface area contributed by atoms with Gasteiger partial charge >= 0.3 is 0 Å². The van der Waals surface area contributed by atoms with Crippen LogP contribution in [0.1, 0.15) is 33.6 Å². The summed E-state index contributed by atoms with van der Waals surface area (Å²) in [6.45, 7) is 6.59. The quantitative estimate of drug-likeness (QED) is 0.795. The summed E-state index contributed by atoms with van der Waals surface area (Å²) in [5.74, 6) is 0.587. The van der Waals surface area contributed by atoms with Gasteiger partial charge in [-0.05, 0) is 25.8 Å². The number of hydrogen-bond acceptors (Lipinski definition) is 4. The van der Waals surface area contributed by atoms with Crippen molar-refractivity contribution in [3.63, 3.8) is 0 Å². The van der Waals surface area contributed by atoms with Gasteiger partial charge in [0.25, 0.3) is 0 Å². The molecule has 0 saturated carbocycles. The van der Waals surface area contributed by atoms with Crippen LogP contribution in [0.15, 0.2) is 23.2 Å². The standard InChI is InChI=1S/C12H21N3O2S/c1-4-7-13-12-9-11(6-8-14-12)18(16,17)15-10(3)5-2/h6,8-10,15H,4-5,7H2,1-3H3,(H,13,14). The van der Waals surface area contributed by atoms with Gasteiger partial charge in [-0.2, -0.15) is 0 Å². The molecule has 0 aliphatic rings. The van der Waals surface area contributed by atoms with Crippen LogP contribution in [0.25, 0.3) is 0 Å². The lowest BCUT2D eigenvalue weighted by Crippen LogP contribution is -2.32. The number of rotatable bonds is 7. The second kappa shape index (κ2) is 6.70. The second-order valence-electron chi connectivity index (χ2n) is 4.23. The van der Waals surface area contributed by atoms with Crippen molar-refractivity contribution in [2.24, 2.45) is 0 Å². The minimum absolute atomic E-state index is 0.0739. The number of pyridine rings is 1. The van der Waals surface area contributed by atoms with E-state index in [2.05, 4.69) is 15.0 Å². The summed E-state index contributed by atoms with van der Waals surface area (Å²) in [5.41, 5.74) is 0. The first-order chi connectivity index (χ1) is 8.49. The fourth-order valence-electron chi connectivity index (χ4n) is 1.34. The number of nitrogens with one attached hydrogen (secondary N) is 2. The number of anilines is 1. The number of nitrogens with zero attached hydrogens (tertiary/aromatic N) is 1. The number of sulfonamides is 1. The van der Waals surface area contributed by atoms with Crippen molar-refractivity contribution in [3.05, 3.63) is 18.3 Å². The van der Waals surface area contributed by atoms with E-state index in [1.54, 1.807) is 6.07 Å². The average Bonchev–Trinajstić information content (AvgIpc) is 2.36. The Balaban J connectivity index is 2.88. The maximum atomic E-state index is 12.1. The Labute approximate surface area is 109 Å². The molecule has 1 atom stereocenters. The van der Waals surface area contributed by atoms with Gasteiger partial charge in [0.05, 0.1) is 4.90 Å². The minimum Gasteiger partial charge on any atom is -0.370 e. The van der Waals surface area contributed by atoms with Crippen LogP contribution in [0, 0.1) is 0 Å². The maximum absolute atomic E-state index is 12.1. The molecule has 0 amide bonds. The van der Waals surface area contributed by atoms with E-state index >= 15 is 0 Å². The summed E-state index contributed by atoms with van der Waals surface area (Å²) in [4.78, 5) is 4.33. The average molecular weight is 271 g/mol. The van der Waals surface area contributed by atoms with Gasteiger partial charge in [-0.25, -0.2) is 18.1 Å². The molecule has 0 spiro atoms. The number of aromatic nitrogens is 1. The first-order valence-electron chi connectivity index (χ1n) is 6.21. The zero-order valence-corrected chi connectivity index (χ0v) is 11.9. The van der Waals surface area contributed by atoms with Gasteiger partial charge in [-0.1, -0.05) is 13.8 Å². The van der Waals surface area contributed by atoms with Gasteiger partial charge in [0.1, 0.15) is 5.82 Å². The van der Waals surface area contributed by atoms with Gasteiger partial charge in [-0.3, -0.25) is 0 Å². The molecule has 5 nitrogen and oxygen atoms in total. The number of hydrogen-bond donors (Lipinski definition) is 2. The lowest BCUT2D eigenvalue weighted by Gasteiger charge is -2.12. The summed E-state index contributed by atoms with van der Waals surface area (Å²) in [7, 11) is -3.45. The summed E-state index contributed by atoms with van der Waals surface area (Å²) in [6, 6.07) is 2.98. The van der Waals surface area contributed by atoms with Gasteiger partial charge in [0.2, 0.25) is 10.0 Å². The van der Waals surface area contributed by atoms with Crippen molar-refractivity contribution in [3.8, 4) is 0 Å². The zero-order chi connectivity index (χ0) is 13.6. The van der Waals surface area contributed by atoms with E-state index in [9.17, 15) is 8.42 Å². The van der Waals surface area contributed by atoms with Crippen LogP contribution in [0.5, 0.6) is 0 Å². The molecule has 0 fully saturated rings. The first-order valence-corrected chi connectivity index (χ1v) is 7.70. The van der Waals surface area contributed by atoms with Crippen LogP contribution in [0.2, 0.25) is 0 Å². The predicted octanol–water partition coefficient (Wildman–Crippen LogP) is 1.98. The molecule has 6 heteroatoms. The normalized spacial score (nSPS) is 13.3. The van der Waals surface area contributed by atoms with Gasteiger partial charge in [0, 0.05) is 24.8 Å². The molecule has 2 N–H and O–H groups in total. The van der Waals surface area contributed by atoms with Crippen LogP contribution < -0.4 is 10.0 Å². The molecule has 0 aromatic carbocycles. The Morgan fingerprint density at radius 2 is 2.11 bits per heavy atom. The molecule has 0 bridgehead atoms. The van der Waals surface area contributed by atoms with Crippen LogP contribution in [-0.2, 0) is 10.0 Å². The second-order valence-corrected chi connectivity index (χ2v) is 5.95. The van der Waals surface area contributed by atoms with Crippen molar-refractivity contribution in [2.45, 2.75) is 44.6 Å². The van der Waals surface area contributed by atoms with Crippen LogP contribution in [-0.4, -0.2) is 26.0 Å². The largest absolute Gasteiger partial charge is 0.370 e. The fourth-order valence-corrected chi connectivity index (χ4v) is 2.68. The van der Waals surface area contributed by atoms with E-state index in [-0.39, 0.29) is 10.9 Å². The minimum atomic E-state index is -3.45. The Morgan fingerprint density at radius 1 is 1.39 bits per heavy atom. The maximum Gasteiger partial charge on any atom is 0.240 e. The van der Waals surface area contributed by atoms with E-state index in [1.165, 1.54) is 12.3 Å². The first kappa shape index (κ1) is 14.9. The Bertz CT molecular complexity index is 474. The molecule has 0 aliphatic carbocycles. The third-order valence-corrected chi connectivity index (χ3v) is 4.15. The Morgan fingerprint density at radius 3 is 2.72 bits per heavy atom. The van der Waals surface area contributed by atoms with Crippen LogP contribution >= 0.6 is 0 Å². The predicted molar refractivity (Wildman–Crippen MR) is 73.1 cm³/mol. The monoisotopic (exact) mass is 271 g/mol. The molecule has 1 heterocycles. The summed E-state index contributed by atoms with van der Waals surface area (Å²) in [6.07, 6.45) is 3.22. The van der Waals surface area contributed by atoms with E-state index in [0.29, 0.717) is 5.82 Å². The van der Waals surface area contributed by atoms with Crippen molar-refractivity contribution in [2.75, 3.05) is 11.9 Å². The highest BCUT2D eigenvalue weighted by Crippen LogP contribution is 2.13. The van der Waals surface area contributed by atoms with E-state index < -0.39 is 10.0 Å². The molecule has 1 aromatic rings. The van der Waals surface area contributed by atoms with E-state index in [1.807, 2.05) is 20.8 Å². The third-order valence-electron chi connectivity index (χ3n) is 2.57. The summed E-state index contributed by atoms with van der Waals surface area (Å²) >= 11 is 0. The summed E-state index contributed by atoms with van der Waals surface area (Å²) < 4.78 is 26.7. The van der Waals surface area contributed by atoms with Gasteiger partial charge in [0.15, 0.2) is 0 Å². The lowest BCUT2D eigenvalue weighted by molar-refractivity contribution is 0.556. The van der Waals surface area contributed by atoms with E-state index in [4.69, 9.17) is 0 Å². The molecular weight excluding hydrogens is 250 g/mol. The third kappa shape index (κ3) is 4.27. The Kier molecular flexibility index (Phi) is 5.55. The summed E-state index contributed by atoms with van der Waals surface area (Å²) in [5, 5.41) is 3.07. The lowest BCUT2D eigenvalue weighted by atomic mass is 10.3. The molecule has 0 aliphatic heterocycles. The van der Waals surface area contributed by atoms with Crippen molar-refractivity contribution in [1.82, 2.24) is 9.71 Å². The zero-order valence-electron chi connectivity index (χ0n) is 11.1. The highest BCUT2D eigenvalue weighted by molar-refractivity contribution is 7.89. The molecule has 102 valence electrons. The molecular formula is C12H21N3O2S. The smallest absolute Gasteiger partial charge is 0.240 e. The molecule has 0 saturated heterocycles. The molecule has 0 radical (unpaired) electrons. The molecule has 1 rings (SSSR count). The van der Waals surface area contributed by atoms with Crippen LogP contribution in [0.3, 0.4) is 0 Å².